The normalized spacial score (nSPS) is 16.9. The van der Waals surface area contributed by atoms with Crippen molar-refractivity contribution in [2.45, 2.75) is 25.3 Å². The molecule has 1 heterocycles. The molecule has 1 saturated heterocycles. The molecule has 1 N–H and O–H groups in total. The van der Waals surface area contributed by atoms with E-state index >= 15 is 0 Å². The van der Waals surface area contributed by atoms with Crippen molar-refractivity contribution in [1.82, 2.24) is 10.2 Å². The molecule has 1 unspecified atom stereocenters. The lowest BCUT2D eigenvalue weighted by molar-refractivity contribution is -0.136. The molecule has 0 spiro atoms. The summed E-state index contributed by atoms with van der Waals surface area (Å²) in [6, 6.07) is 4.95. The molecule has 1 aromatic rings. The monoisotopic (exact) mass is 349 g/mol. The minimum Gasteiger partial charge on any atom is -0.497 e. The number of ether oxygens (including phenoxy) is 2. The maximum atomic E-state index is 12.8. The molecule has 1 aliphatic heterocycles. The summed E-state index contributed by atoms with van der Waals surface area (Å²) in [5, 5.41) is 3.02. The Kier molecular flexibility index (Phi) is 6.64. The first-order valence-electron chi connectivity index (χ1n) is 8.46. The van der Waals surface area contributed by atoms with Gasteiger partial charge in [-0.15, -0.1) is 0 Å². The van der Waals surface area contributed by atoms with E-state index in [2.05, 4.69) is 5.32 Å². The first-order valence-corrected chi connectivity index (χ1v) is 8.46. The van der Waals surface area contributed by atoms with E-state index in [9.17, 15) is 9.59 Å². The number of likely N-dealkylation sites (N-methyl/N-ethyl adjacent to an activating group) is 1. The zero-order valence-corrected chi connectivity index (χ0v) is 15.4. The second-order valence-corrected chi connectivity index (χ2v) is 6.08. The molecule has 0 radical (unpaired) electrons. The second kappa shape index (κ2) is 8.71. The van der Waals surface area contributed by atoms with Crippen molar-refractivity contribution in [2.24, 2.45) is 0 Å². The smallest absolute Gasteiger partial charge is 0.249 e. The molecule has 0 saturated carbocycles. The van der Waals surface area contributed by atoms with Gasteiger partial charge in [0.2, 0.25) is 11.8 Å². The maximum Gasteiger partial charge on any atom is 0.249 e. The van der Waals surface area contributed by atoms with Gasteiger partial charge in [0.25, 0.3) is 0 Å². The molecule has 25 heavy (non-hydrogen) atoms. The SMILES string of the molecule is CNCCCC(=O)N(C)C1CCN(c2cc(OC)cc(OC)c2)C1=O. The van der Waals surface area contributed by atoms with Crippen molar-refractivity contribution < 1.29 is 19.1 Å². The number of nitrogens with zero attached hydrogens (tertiary/aromatic N) is 2. The van der Waals surface area contributed by atoms with Crippen LogP contribution in [0, 0.1) is 0 Å². The van der Waals surface area contributed by atoms with Crippen molar-refractivity contribution in [3.05, 3.63) is 18.2 Å². The standard InChI is InChI=1S/C18H27N3O4/c1-19-8-5-6-17(22)20(2)16-7-9-21(18(16)23)13-10-14(24-3)12-15(11-13)25-4/h10-12,16,19H,5-9H2,1-4H3. The highest BCUT2D eigenvalue weighted by Crippen LogP contribution is 2.31. The molecule has 0 aliphatic carbocycles. The molecule has 2 rings (SSSR count). The molecule has 2 amide bonds. The number of anilines is 1. The molecule has 7 heteroatoms. The second-order valence-electron chi connectivity index (χ2n) is 6.08. The van der Waals surface area contributed by atoms with E-state index in [0.717, 1.165) is 18.7 Å². The van der Waals surface area contributed by atoms with Crippen LogP contribution >= 0.6 is 0 Å². The van der Waals surface area contributed by atoms with E-state index in [1.807, 2.05) is 7.05 Å². The molecule has 0 aromatic heterocycles. The topological polar surface area (TPSA) is 71.1 Å². The third-order valence-corrected chi connectivity index (χ3v) is 4.50. The summed E-state index contributed by atoms with van der Waals surface area (Å²) < 4.78 is 10.5. The molecule has 1 atom stereocenters. The van der Waals surface area contributed by atoms with Crippen LogP contribution in [0.1, 0.15) is 19.3 Å². The van der Waals surface area contributed by atoms with Crippen molar-refractivity contribution >= 4 is 17.5 Å². The van der Waals surface area contributed by atoms with Gasteiger partial charge in [0.05, 0.1) is 19.9 Å². The summed E-state index contributed by atoms with van der Waals surface area (Å²) in [5.41, 5.74) is 0.722. The fourth-order valence-corrected chi connectivity index (χ4v) is 3.00. The van der Waals surface area contributed by atoms with Crippen molar-refractivity contribution in [3.8, 4) is 11.5 Å². The van der Waals surface area contributed by atoms with Gasteiger partial charge in [-0.2, -0.15) is 0 Å². The van der Waals surface area contributed by atoms with E-state index in [1.54, 1.807) is 49.3 Å². The molecular formula is C18H27N3O4. The number of rotatable bonds is 8. The predicted octanol–water partition coefficient (Wildman–Crippen LogP) is 1.27. The highest BCUT2D eigenvalue weighted by Gasteiger charge is 2.37. The molecule has 1 fully saturated rings. The number of nitrogens with one attached hydrogen (secondary N) is 1. The maximum absolute atomic E-state index is 12.8. The summed E-state index contributed by atoms with van der Waals surface area (Å²) in [6.07, 6.45) is 1.82. The van der Waals surface area contributed by atoms with E-state index in [0.29, 0.717) is 30.9 Å². The van der Waals surface area contributed by atoms with Crippen LogP contribution in [0.15, 0.2) is 18.2 Å². The van der Waals surface area contributed by atoms with E-state index < -0.39 is 6.04 Å². The van der Waals surface area contributed by atoms with Crippen LogP contribution in [0.5, 0.6) is 11.5 Å². The Morgan fingerprint density at radius 3 is 2.48 bits per heavy atom. The van der Waals surface area contributed by atoms with Crippen LogP contribution < -0.4 is 19.7 Å². The average molecular weight is 349 g/mol. The molecule has 7 nitrogen and oxygen atoms in total. The van der Waals surface area contributed by atoms with Crippen LogP contribution in [-0.2, 0) is 9.59 Å². The zero-order valence-electron chi connectivity index (χ0n) is 15.4. The Labute approximate surface area is 148 Å². The van der Waals surface area contributed by atoms with Crippen LogP contribution in [0.2, 0.25) is 0 Å². The highest BCUT2D eigenvalue weighted by atomic mass is 16.5. The van der Waals surface area contributed by atoms with Gasteiger partial charge in [0.1, 0.15) is 17.5 Å². The lowest BCUT2D eigenvalue weighted by atomic mass is 10.2. The fraction of sp³-hybridized carbons (Fsp3) is 0.556. The number of methoxy groups -OCH3 is 2. The van der Waals surface area contributed by atoms with Crippen molar-refractivity contribution in [1.29, 1.82) is 0 Å². The van der Waals surface area contributed by atoms with E-state index in [1.165, 1.54) is 0 Å². The molecule has 138 valence electrons. The quantitative estimate of drug-likeness (QED) is 0.716. The highest BCUT2D eigenvalue weighted by molar-refractivity contribution is 6.01. The minimum atomic E-state index is -0.417. The summed E-state index contributed by atoms with van der Waals surface area (Å²) in [5.74, 6) is 1.18. The Morgan fingerprint density at radius 1 is 1.28 bits per heavy atom. The Morgan fingerprint density at radius 2 is 1.92 bits per heavy atom. The summed E-state index contributed by atoms with van der Waals surface area (Å²) in [7, 11) is 6.71. The van der Waals surface area contributed by atoms with Gasteiger partial charge in [0, 0.05) is 38.2 Å². The minimum absolute atomic E-state index is 0.00123. The molecule has 1 aliphatic rings. The number of hydrogen-bond donors (Lipinski definition) is 1. The van der Waals surface area contributed by atoms with Crippen molar-refractivity contribution in [2.75, 3.05) is 46.3 Å². The van der Waals surface area contributed by atoms with E-state index in [-0.39, 0.29) is 11.8 Å². The Balaban J connectivity index is 2.09. The van der Waals surface area contributed by atoms with Gasteiger partial charge < -0.3 is 24.6 Å². The van der Waals surface area contributed by atoms with Crippen molar-refractivity contribution in [3.63, 3.8) is 0 Å². The third-order valence-electron chi connectivity index (χ3n) is 4.50. The number of amides is 2. The van der Waals surface area contributed by atoms with Crippen LogP contribution in [-0.4, -0.2) is 64.2 Å². The van der Waals surface area contributed by atoms with Gasteiger partial charge in [-0.05, 0) is 26.4 Å². The van der Waals surface area contributed by atoms with Gasteiger partial charge in [-0.1, -0.05) is 0 Å². The van der Waals surface area contributed by atoms with Crippen LogP contribution in [0.25, 0.3) is 0 Å². The van der Waals surface area contributed by atoms with Crippen LogP contribution in [0.4, 0.5) is 5.69 Å². The molecule has 1 aromatic carbocycles. The third kappa shape index (κ3) is 4.42. The first kappa shape index (κ1) is 19.1. The van der Waals surface area contributed by atoms with Gasteiger partial charge in [-0.3, -0.25) is 9.59 Å². The lowest BCUT2D eigenvalue weighted by Crippen LogP contribution is -2.43. The first-order chi connectivity index (χ1) is 12.0. The van der Waals surface area contributed by atoms with Crippen LogP contribution in [0.3, 0.4) is 0 Å². The summed E-state index contributed by atoms with van der Waals surface area (Å²) >= 11 is 0. The Hall–Kier alpha value is -2.28. The van der Waals surface area contributed by atoms with E-state index in [4.69, 9.17) is 9.47 Å². The summed E-state index contributed by atoms with van der Waals surface area (Å²) in [6.45, 7) is 1.35. The zero-order chi connectivity index (χ0) is 18.4. The average Bonchev–Trinajstić information content (AvgIpc) is 3.02. The van der Waals surface area contributed by atoms with Gasteiger partial charge in [0.15, 0.2) is 0 Å². The number of carbonyl (C=O) groups excluding carboxylic acids is 2. The fourth-order valence-electron chi connectivity index (χ4n) is 3.00. The molecular weight excluding hydrogens is 322 g/mol. The summed E-state index contributed by atoms with van der Waals surface area (Å²) in [4.78, 5) is 28.4. The predicted molar refractivity (Wildman–Crippen MR) is 96.2 cm³/mol. The number of hydrogen-bond acceptors (Lipinski definition) is 5. The van der Waals surface area contributed by atoms with Gasteiger partial charge >= 0.3 is 0 Å². The largest absolute Gasteiger partial charge is 0.497 e. The molecule has 0 bridgehead atoms. The number of benzene rings is 1. The number of carbonyl (C=O) groups is 2. The van der Waals surface area contributed by atoms with Gasteiger partial charge in [-0.25, -0.2) is 0 Å². The Bertz CT molecular complexity index is 598. The lowest BCUT2D eigenvalue weighted by Gasteiger charge is -2.24.